The zero-order valence-corrected chi connectivity index (χ0v) is 22.3. The van der Waals surface area contributed by atoms with Crippen LogP contribution < -0.4 is 4.90 Å². The second kappa shape index (κ2) is 10.5. The van der Waals surface area contributed by atoms with E-state index in [1.807, 2.05) is 19.2 Å². The van der Waals surface area contributed by atoms with E-state index in [2.05, 4.69) is 35.0 Å². The summed E-state index contributed by atoms with van der Waals surface area (Å²) in [6, 6.07) is 5.57. The first kappa shape index (κ1) is 25.8. The van der Waals surface area contributed by atoms with Crippen LogP contribution in [0.15, 0.2) is 59.0 Å². The molecule has 1 aromatic heterocycles. The van der Waals surface area contributed by atoms with Crippen LogP contribution >= 0.6 is 11.3 Å². The normalized spacial score (nSPS) is 26.6. The molecule has 9 heteroatoms. The molecule has 3 heterocycles. The number of amides is 3. The van der Waals surface area contributed by atoms with Gasteiger partial charge in [-0.05, 0) is 63.8 Å². The van der Waals surface area contributed by atoms with Crippen molar-refractivity contribution in [2.45, 2.75) is 70.4 Å². The number of carbonyl (C=O) groups is 2. The highest BCUT2D eigenvalue weighted by atomic mass is 32.1. The van der Waals surface area contributed by atoms with Crippen molar-refractivity contribution in [3.05, 3.63) is 70.5 Å². The lowest BCUT2D eigenvalue weighted by atomic mass is 9.81. The van der Waals surface area contributed by atoms with Gasteiger partial charge in [-0.2, -0.15) is 0 Å². The Morgan fingerprint density at radius 2 is 2.11 bits per heavy atom. The second-order valence-corrected chi connectivity index (χ2v) is 11.1. The smallest absolute Gasteiger partial charge is 0.332 e. The molecule has 196 valence electrons. The molecule has 1 aromatic carbocycles. The van der Waals surface area contributed by atoms with Crippen molar-refractivity contribution >= 4 is 29.0 Å². The van der Waals surface area contributed by atoms with Gasteiger partial charge in [0.2, 0.25) is 0 Å². The number of piperidine rings is 1. The van der Waals surface area contributed by atoms with Gasteiger partial charge in [0, 0.05) is 30.2 Å². The molecule has 0 N–H and O–H groups in total. The maximum atomic E-state index is 14.2. The van der Waals surface area contributed by atoms with E-state index in [0.29, 0.717) is 30.8 Å². The first-order valence-electron chi connectivity index (χ1n) is 12.8. The fourth-order valence-corrected chi connectivity index (χ4v) is 6.28. The van der Waals surface area contributed by atoms with Gasteiger partial charge < -0.3 is 4.74 Å². The number of urea groups is 1. The standard InChI is InChI=1S/C28H33FN4O3S/c1-19(2)36-25-9-4-6-21(12-25)15-31-11-10-28(14-20(31)3)26(34)32(16-23-17-37-18-30-23)27(35)33(28)24-8-5-7-22(29)13-24/h4-8,12-13,17-20,25H,9-11,14-16H2,1-3H3/t20-,25?,28+/m0/s1. The minimum atomic E-state index is -1.06. The Hall–Kier alpha value is -2.88. The molecule has 2 aliphatic heterocycles. The van der Waals surface area contributed by atoms with Gasteiger partial charge >= 0.3 is 6.03 Å². The number of rotatable bonds is 7. The molecule has 0 bridgehead atoms. The van der Waals surface area contributed by atoms with Crippen molar-refractivity contribution < 1.29 is 18.7 Å². The number of halogens is 1. The van der Waals surface area contributed by atoms with E-state index in [1.54, 1.807) is 17.6 Å². The number of hydrogen-bond acceptors (Lipinski definition) is 6. The average molecular weight is 525 g/mol. The summed E-state index contributed by atoms with van der Waals surface area (Å²) in [5.41, 5.74) is 2.90. The van der Waals surface area contributed by atoms with Gasteiger partial charge in [-0.15, -0.1) is 11.3 Å². The Morgan fingerprint density at radius 1 is 1.27 bits per heavy atom. The number of hydrogen-bond donors (Lipinski definition) is 0. The van der Waals surface area contributed by atoms with Crippen molar-refractivity contribution in [2.75, 3.05) is 18.0 Å². The Labute approximate surface area is 221 Å². The Morgan fingerprint density at radius 3 is 2.81 bits per heavy atom. The molecule has 2 fully saturated rings. The van der Waals surface area contributed by atoms with E-state index >= 15 is 0 Å². The molecule has 1 spiro atoms. The lowest BCUT2D eigenvalue weighted by Gasteiger charge is -2.46. The van der Waals surface area contributed by atoms with Crippen molar-refractivity contribution in [3.8, 4) is 0 Å². The third kappa shape index (κ3) is 5.12. The third-order valence-corrected chi connectivity index (χ3v) is 8.00. The highest BCUT2D eigenvalue weighted by molar-refractivity contribution is 7.07. The lowest BCUT2D eigenvalue weighted by Crippen LogP contribution is -2.59. The number of likely N-dealkylation sites (tertiary alicyclic amines) is 1. The zero-order valence-electron chi connectivity index (χ0n) is 21.5. The van der Waals surface area contributed by atoms with Crippen LogP contribution in [0.1, 0.15) is 45.7 Å². The first-order chi connectivity index (χ1) is 17.8. The number of carbonyl (C=O) groups excluding carboxylic acids is 2. The summed E-state index contributed by atoms with van der Waals surface area (Å²) in [4.78, 5) is 37.1. The molecule has 3 aliphatic rings. The van der Waals surface area contributed by atoms with Crippen LogP contribution in [-0.2, 0) is 16.1 Å². The van der Waals surface area contributed by atoms with Gasteiger partial charge in [-0.3, -0.25) is 19.5 Å². The summed E-state index contributed by atoms with van der Waals surface area (Å²) in [5.74, 6) is -0.672. The number of aromatic nitrogens is 1. The largest absolute Gasteiger partial charge is 0.371 e. The summed E-state index contributed by atoms with van der Waals surface area (Å²) in [7, 11) is 0. The second-order valence-electron chi connectivity index (χ2n) is 10.4. The summed E-state index contributed by atoms with van der Waals surface area (Å²) in [6.07, 6.45) is 8.53. The minimum absolute atomic E-state index is 0.0291. The molecule has 2 aromatic rings. The molecule has 0 saturated carbocycles. The molecular formula is C28H33FN4O3S. The van der Waals surface area contributed by atoms with Crippen molar-refractivity contribution in [1.29, 1.82) is 0 Å². The maximum Gasteiger partial charge on any atom is 0.332 e. The van der Waals surface area contributed by atoms with Crippen LogP contribution in [0.3, 0.4) is 0 Å². The maximum absolute atomic E-state index is 14.2. The molecule has 3 atom stereocenters. The highest BCUT2D eigenvalue weighted by Gasteiger charge is 2.59. The number of anilines is 1. The van der Waals surface area contributed by atoms with Gasteiger partial charge in [0.05, 0.1) is 30.0 Å². The summed E-state index contributed by atoms with van der Waals surface area (Å²) < 4.78 is 20.2. The monoisotopic (exact) mass is 524 g/mol. The van der Waals surface area contributed by atoms with Gasteiger partial charge in [0.1, 0.15) is 11.4 Å². The molecule has 0 radical (unpaired) electrons. The fraction of sp³-hybridized carbons (Fsp3) is 0.464. The number of imide groups is 1. The molecule has 37 heavy (non-hydrogen) atoms. The van der Waals surface area contributed by atoms with E-state index in [0.717, 1.165) is 13.0 Å². The van der Waals surface area contributed by atoms with Crippen molar-refractivity contribution in [1.82, 2.24) is 14.8 Å². The fourth-order valence-electron chi connectivity index (χ4n) is 5.73. The summed E-state index contributed by atoms with van der Waals surface area (Å²) in [5, 5.41) is 1.84. The van der Waals surface area contributed by atoms with Crippen LogP contribution in [0, 0.1) is 5.82 Å². The molecule has 2 saturated heterocycles. The summed E-state index contributed by atoms with van der Waals surface area (Å²) in [6.45, 7) is 7.68. The number of ether oxygens (including phenoxy) is 1. The van der Waals surface area contributed by atoms with E-state index in [9.17, 15) is 14.0 Å². The predicted octanol–water partition coefficient (Wildman–Crippen LogP) is 5.15. The van der Waals surface area contributed by atoms with Crippen LogP contribution in [0.5, 0.6) is 0 Å². The molecule has 1 aliphatic carbocycles. The third-order valence-electron chi connectivity index (χ3n) is 7.37. The average Bonchev–Trinajstić information content (AvgIpc) is 3.43. The highest BCUT2D eigenvalue weighted by Crippen LogP contribution is 2.43. The SMILES string of the molecule is CC(C)OC1C=C(CN2CC[C@@]3(C[C@@H]2C)C(=O)N(Cc2cscn2)C(=O)N3c2cccc(F)c2)C=CC1. The number of benzene rings is 1. The van der Waals surface area contributed by atoms with Gasteiger partial charge in [0.15, 0.2) is 0 Å². The van der Waals surface area contributed by atoms with Gasteiger partial charge in [-0.1, -0.05) is 24.3 Å². The first-order valence-corrected chi connectivity index (χ1v) is 13.8. The number of nitrogens with zero attached hydrogens (tertiary/aromatic N) is 4. The zero-order chi connectivity index (χ0) is 26.2. The van der Waals surface area contributed by atoms with Crippen LogP contribution in [-0.4, -0.2) is 63.6 Å². The summed E-state index contributed by atoms with van der Waals surface area (Å²) >= 11 is 1.42. The quantitative estimate of drug-likeness (QED) is 0.469. The van der Waals surface area contributed by atoms with E-state index in [-0.39, 0.29) is 30.7 Å². The van der Waals surface area contributed by atoms with Crippen molar-refractivity contribution in [2.24, 2.45) is 0 Å². The van der Waals surface area contributed by atoms with Gasteiger partial charge in [-0.25, -0.2) is 14.2 Å². The lowest BCUT2D eigenvalue weighted by molar-refractivity contribution is -0.133. The van der Waals surface area contributed by atoms with E-state index < -0.39 is 17.4 Å². The Balaban J connectivity index is 1.40. The van der Waals surface area contributed by atoms with Crippen LogP contribution in [0.4, 0.5) is 14.9 Å². The Kier molecular flexibility index (Phi) is 7.29. The minimum Gasteiger partial charge on any atom is -0.371 e. The molecular weight excluding hydrogens is 491 g/mol. The molecule has 3 amide bonds. The Bertz CT molecular complexity index is 1210. The molecule has 1 unspecified atom stereocenters. The molecule has 5 rings (SSSR count). The van der Waals surface area contributed by atoms with Crippen LogP contribution in [0.25, 0.3) is 0 Å². The number of thiazole rings is 1. The van der Waals surface area contributed by atoms with E-state index in [1.165, 1.54) is 38.8 Å². The topological polar surface area (TPSA) is 66.0 Å². The predicted molar refractivity (Wildman–Crippen MR) is 142 cm³/mol. The van der Waals surface area contributed by atoms with Crippen LogP contribution in [0.2, 0.25) is 0 Å². The van der Waals surface area contributed by atoms with Crippen molar-refractivity contribution in [3.63, 3.8) is 0 Å². The van der Waals surface area contributed by atoms with E-state index in [4.69, 9.17) is 4.74 Å². The molecule has 7 nitrogen and oxygen atoms in total. The van der Waals surface area contributed by atoms with Gasteiger partial charge in [0.25, 0.3) is 5.91 Å².